The molecule has 0 saturated heterocycles. The van der Waals surface area contributed by atoms with Crippen LogP contribution in [0.4, 0.5) is 5.69 Å². The van der Waals surface area contributed by atoms with E-state index in [0.29, 0.717) is 15.9 Å². The van der Waals surface area contributed by atoms with Gasteiger partial charge in [-0.2, -0.15) is 0 Å². The summed E-state index contributed by atoms with van der Waals surface area (Å²) in [6.07, 6.45) is 3.42. The number of nitrogen functional groups attached to an aromatic ring is 1. The van der Waals surface area contributed by atoms with Crippen molar-refractivity contribution in [1.29, 1.82) is 0 Å². The van der Waals surface area contributed by atoms with E-state index < -0.39 is 0 Å². The molecule has 0 aliphatic rings. The van der Waals surface area contributed by atoms with Gasteiger partial charge in [0.2, 0.25) is 0 Å². The molecule has 6 heteroatoms. The van der Waals surface area contributed by atoms with Crippen LogP contribution >= 0.6 is 27.7 Å². The zero-order valence-electron chi connectivity index (χ0n) is 8.51. The average molecular weight is 297 g/mol. The quantitative estimate of drug-likeness (QED) is 0.863. The van der Waals surface area contributed by atoms with E-state index in [0.717, 1.165) is 10.2 Å². The molecule has 2 aromatic heterocycles. The van der Waals surface area contributed by atoms with Crippen LogP contribution in [0.5, 0.6) is 0 Å². The Morgan fingerprint density at radius 2 is 2.19 bits per heavy atom. The van der Waals surface area contributed by atoms with Crippen molar-refractivity contribution in [2.75, 3.05) is 5.73 Å². The molecule has 0 amide bonds. The first-order chi connectivity index (χ1) is 7.65. The van der Waals surface area contributed by atoms with Crippen molar-refractivity contribution in [1.82, 2.24) is 15.0 Å². The second kappa shape index (κ2) is 4.80. The largest absolute Gasteiger partial charge is 0.396 e. The van der Waals surface area contributed by atoms with E-state index in [4.69, 9.17) is 5.73 Å². The zero-order valence-corrected chi connectivity index (χ0v) is 10.9. The number of hydrogen-bond donors (Lipinski definition) is 1. The number of hydrogen-bond acceptors (Lipinski definition) is 5. The highest BCUT2D eigenvalue weighted by Gasteiger charge is 2.06. The lowest BCUT2D eigenvalue weighted by molar-refractivity contribution is 0.928. The summed E-state index contributed by atoms with van der Waals surface area (Å²) < 4.78 is 0.861. The van der Waals surface area contributed by atoms with Crippen LogP contribution < -0.4 is 5.73 Å². The highest BCUT2D eigenvalue weighted by molar-refractivity contribution is 9.10. The molecule has 0 spiro atoms. The minimum atomic E-state index is 0.615. The normalized spacial score (nSPS) is 10.4. The van der Waals surface area contributed by atoms with Crippen molar-refractivity contribution in [2.24, 2.45) is 0 Å². The maximum absolute atomic E-state index is 5.84. The van der Waals surface area contributed by atoms with Gasteiger partial charge in [0.25, 0.3) is 0 Å². The minimum absolute atomic E-state index is 0.615. The van der Waals surface area contributed by atoms with Crippen molar-refractivity contribution in [3.05, 3.63) is 34.7 Å². The number of halogens is 1. The predicted octanol–water partition coefficient (Wildman–Crippen LogP) is 2.68. The Morgan fingerprint density at radius 1 is 1.38 bits per heavy atom. The smallest absolute Gasteiger partial charge is 0.194 e. The predicted molar refractivity (Wildman–Crippen MR) is 67.2 cm³/mol. The fraction of sp³-hybridized carbons (Fsp3) is 0.100. The Labute approximate surface area is 106 Å². The van der Waals surface area contributed by atoms with Gasteiger partial charge in [0.05, 0.1) is 5.69 Å². The first-order valence-corrected chi connectivity index (χ1v) is 6.14. The van der Waals surface area contributed by atoms with Crippen molar-refractivity contribution in [3.63, 3.8) is 0 Å². The molecule has 0 atom stereocenters. The van der Waals surface area contributed by atoms with Gasteiger partial charge >= 0.3 is 0 Å². The van der Waals surface area contributed by atoms with Crippen LogP contribution in [0, 0.1) is 6.92 Å². The summed E-state index contributed by atoms with van der Waals surface area (Å²) in [5, 5.41) is 1.37. The van der Waals surface area contributed by atoms with Gasteiger partial charge in [0.15, 0.2) is 5.16 Å². The second-order valence-corrected chi connectivity index (χ2v) is 5.00. The van der Waals surface area contributed by atoms with E-state index in [2.05, 4.69) is 30.9 Å². The summed E-state index contributed by atoms with van der Waals surface area (Å²) in [4.78, 5) is 12.6. The van der Waals surface area contributed by atoms with Crippen LogP contribution in [0.2, 0.25) is 0 Å². The first kappa shape index (κ1) is 11.3. The maximum Gasteiger partial charge on any atom is 0.194 e. The number of anilines is 1. The van der Waals surface area contributed by atoms with Gasteiger partial charge in [-0.15, -0.1) is 0 Å². The second-order valence-electron chi connectivity index (χ2n) is 3.13. The van der Waals surface area contributed by atoms with Crippen LogP contribution in [-0.2, 0) is 0 Å². The lowest BCUT2D eigenvalue weighted by atomic mass is 10.4. The SMILES string of the molecule is Cc1ccnc(Sc2ncc(Br)cc2N)n1. The molecule has 2 aromatic rings. The summed E-state index contributed by atoms with van der Waals surface area (Å²) >= 11 is 4.67. The number of nitrogens with two attached hydrogens (primary N) is 1. The summed E-state index contributed by atoms with van der Waals surface area (Å²) in [7, 11) is 0. The van der Waals surface area contributed by atoms with E-state index in [1.54, 1.807) is 12.4 Å². The highest BCUT2D eigenvalue weighted by atomic mass is 79.9. The molecule has 0 aliphatic carbocycles. The minimum Gasteiger partial charge on any atom is -0.396 e. The van der Waals surface area contributed by atoms with Crippen LogP contribution in [0.15, 0.2) is 39.2 Å². The van der Waals surface area contributed by atoms with Crippen molar-refractivity contribution < 1.29 is 0 Å². The number of aromatic nitrogens is 3. The van der Waals surface area contributed by atoms with Gasteiger partial charge in [-0.3, -0.25) is 0 Å². The molecule has 0 saturated carbocycles. The number of pyridine rings is 1. The summed E-state index contributed by atoms with van der Waals surface area (Å²) in [6, 6.07) is 3.66. The standard InChI is InChI=1S/C10H9BrN4S/c1-6-2-3-13-10(15-6)16-9-8(12)4-7(11)5-14-9/h2-5H,12H2,1H3. The molecule has 0 aromatic carbocycles. The number of nitrogens with zero attached hydrogens (tertiary/aromatic N) is 3. The van der Waals surface area contributed by atoms with Gasteiger partial charge in [0.1, 0.15) is 5.03 Å². The van der Waals surface area contributed by atoms with Crippen LogP contribution in [0.1, 0.15) is 5.69 Å². The molecule has 0 radical (unpaired) electrons. The topological polar surface area (TPSA) is 64.7 Å². The van der Waals surface area contributed by atoms with Gasteiger partial charge < -0.3 is 5.73 Å². The third-order valence-electron chi connectivity index (χ3n) is 1.81. The Morgan fingerprint density at radius 3 is 2.88 bits per heavy atom. The van der Waals surface area contributed by atoms with Gasteiger partial charge in [0, 0.05) is 22.6 Å². The molecule has 16 heavy (non-hydrogen) atoms. The molecule has 0 bridgehead atoms. The van der Waals surface area contributed by atoms with Gasteiger partial charge in [-0.1, -0.05) is 0 Å². The average Bonchev–Trinajstić information content (AvgIpc) is 2.22. The van der Waals surface area contributed by atoms with Crippen LogP contribution in [0.3, 0.4) is 0 Å². The molecule has 0 fully saturated rings. The monoisotopic (exact) mass is 296 g/mol. The van der Waals surface area contributed by atoms with E-state index in [-0.39, 0.29) is 0 Å². The number of rotatable bonds is 2. The number of aryl methyl sites for hydroxylation is 1. The fourth-order valence-corrected chi connectivity index (χ4v) is 2.20. The Bertz CT molecular complexity index is 518. The molecule has 4 nitrogen and oxygen atoms in total. The molecule has 2 N–H and O–H groups in total. The first-order valence-electron chi connectivity index (χ1n) is 4.53. The summed E-state index contributed by atoms with van der Waals surface area (Å²) in [5.41, 5.74) is 7.38. The van der Waals surface area contributed by atoms with E-state index >= 15 is 0 Å². The third kappa shape index (κ3) is 2.70. The molecule has 82 valence electrons. The third-order valence-corrected chi connectivity index (χ3v) is 3.15. The highest BCUT2D eigenvalue weighted by Crippen LogP contribution is 2.29. The van der Waals surface area contributed by atoms with E-state index in [9.17, 15) is 0 Å². The zero-order chi connectivity index (χ0) is 11.5. The maximum atomic E-state index is 5.84. The molecule has 2 heterocycles. The molecular formula is C10H9BrN4S. The van der Waals surface area contributed by atoms with Crippen molar-refractivity contribution >= 4 is 33.4 Å². The van der Waals surface area contributed by atoms with E-state index in [1.807, 2.05) is 19.1 Å². The van der Waals surface area contributed by atoms with Crippen molar-refractivity contribution in [3.8, 4) is 0 Å². The molecule has 0 unspecified atom stereocenters. The molecule has 0 aliphatic heterocycles. The van der Waals surface area contributed by atoms with Crippen molar-refractivity contribution in [2.45, 2.75) is 17.1 Å². The Hall–Kier alpha value is -1.14. The lowest BCUT2D eigenvalue weighted by Crippen LogP contribution is -1.94. The van der Waals surface area contributed by atoms with Gasteiger partial charge in [-0.05, 0) is 46.7 Å². The lowest BCUT2D eigenvalue weighted by Gasteiger charge is -2.03. The molecule has 2 rings (SSSR count). The summed E-state index contributed by atoms with van der Waals surface area (Å²) in [5.74, 6) is 0. The fourth-order valence-electron chi connectivity index (χ4n) is 1.09. The van der Waals surface area contributed by atoms with Gasteiger partial charge in [-0.25, -0.2) is 15.0 Å². The van der Waals surface area contributed by atoms with Crippen LogP contribution in [0.25, 0.3) is 0 Å². The molecular weight excluding hydrogens is 288 g/mol. The van der Waals surface area contributed by atoms with Crippen LogP contribution in [-0.4, -0.2) is 15.0 Å². The van der Waals surface area contributed by atoms with E-state index in [1.165, 1.54) is 11.8 Å². The Balaban J connectivity index is 2.27. The Kier molecular flexibility index (Phi) is 3.40. The summed E-state index contributed by atoms with van der Waals surface area (Å²) in [6.45, 7) is 1.92.